The largest absolute Gasteiger partial charge is 0.494 e. The van der Waals surface area contributed by atoms with E-state index in [1.165, 1.54) is 11.8 Å². The van der Waals surface area contributed by atoms with Gasteiger partial charge in [-0.25, -0.2) is 0 Å². The molecule has 0 saturated carbocycles. The number of benzene rings is 2. The van der Waals surface area contributed by atoms with E-state index in [4.69, 9.17) is 16.3 Å². The molecule has 0 aliphatic carbocycles. The highest BCUT2D eigenvalue weighted by Crippen LogP contribution is 2.28. The summed E-state index contributed by atoms with van der Waals surface area (Å²) in [6.45, 7) is 5.58. The van der Waals surface area contributed by atoms with E-state index in [1.54, 1.807) is 12.1 Å². The summed E-state index contributed by atoms with van der Waals surface area (Å²) in [6.07, 6.45) is 2.14. The van der Waals surface area contributed by atoms with Crippen LogP contribution < -0.4 is 10.1 Å². The highest BCUT2D eigenvalue weighted by atomic mass is 79.9. The fourth-order valence-electron chi connectivity index (χ4n) is 2.84. The Morgan fingerprint density at radius 2 is 1.97 bits per heavy atom. The van der Waals surface area contributed by atoms with Crippen LogP contribution in [-0.2, 0) is 11.3 Å². The molecule has 0 atom stereocenters. The number of thioether (sulfide) groups is 1. The van der Waals surface area contributed by atoms with Crippen LogP contribution in [0.15, 0.2) is 52.1 Å². The van der Waals surface area contributed by atoms with Gasteiger partial charge in [-0.1, -0.05) is 52.6 Å². The van der Waals surface area contributed by atoms with Crippen molar-refractivity contribution in [2.24, 2.45) is 0 Å². The fourth-order valence-corrected chi connectivity index (χ4v) is 4.36. The molecule has 0 aliphatic heterocycles. The molecular weight excluding hydrogens is 500 g/mol. The Hall–Kier alpha value is -2.03. The van der Waals surface area contributed by atoms with E-state index in [0.717, 1.165) is 41.1 Å². The maximum absolute atomic E-state index is 12.4. The second-order valence-electron chi connectivity index (χ2n) is 6.74. The Balaban J connectivity index is 1.63. The van der Waals surface area contributed by atoms with E-state index in [1.807, 2.05) is 41.8 Å². The summed E-state index contributed by atoms with van der Waals surface area (Å²) in [4.78, 5) is 12.4. The van der Waals surface area contributed by atoms with Crippen LogP contribution in [0.4, 0.5) is 5.69 Å². The molecule has 3 aromatic rings. The minimum absolute atomic E-state index is 0.157. The predicted octanol–water partition coefficient (Wildman–Crippen LogP) is 6.29. The van der Waals surface area contributed by atoms with Crippen molar-refractivity contribution in [1.82, 2.24) is 14.8 Å². The number of hydrogen-bond acceptors (Lipinski definition) is 5. The minimum Gasteiger partial charge on any atom is -0.494 e. The zero-order chi connectivity index (χ0) is 22.2. The number of nitrogens with one attached hydrogen (secondary N) is 1. The molecule has 0 radical (unpaired) electrons. The van der Waals surface area contributed by atoms with E-state index in [2.05, 4.69) is 38.4 Å². The molecule has 0 aliphatic rings. The standard InChI is InChI=1S/C22H24BrClN4O2S/c1-3-5-12-30-17-9-6-15(7-10-17)21-26-27-22(28(21)4-2)31-14-20(29)25-19-11-8-16(23)13-18(19)24/h6-11,13H,3-5,12,14H2,1-2H3,(H,25,29). The van der Waals surface area contributed by atoms with Crippen LogP contribution in [0, 0.1) is 0 Å². The van der Waals surface area contributed by atoms with Gasteiger partial charge in [0.05, 0.1) is 23.1 Å². The first-order valence-corrected chi connectivity index (χ1v) is 12.2. The summed E-state index contributed by atoms with van der Waals surface area (Å²) in [5.74, 6) is 1.66. The van der Waals surface area contributed by atoms with Gasteiger partial charge < -0.3 is 14.6 Å². The molecule has 1 N–H and O–H groups in total. The molecule has 2 aromatic carbocycles. The number of nitrogens with zero attached hydrogens (tertiary/aromatic N) is 3. The zero-order valence-corrected chi connectivity index (χ0v) is 20.6. The fraction of sp³-hybridized carbons (Fsp3) is 0.318. The van der Waals surface area contributed by atoms with Crippen molar-refractivity contribution in [2.45, 2.75) is 38.4 Å². The van der Waals surface area contributed by atoms with Crippen LogP contribution in [0.5, 0.6) is 5.75 Å². The third-order valence-electron chi connectivity index (χ3n) is 4.45. The second kappa shape index (κ2) is 11.5. The Kier molecular flexibility index (Phi) is 8.80. The van der Waals surface area contributed by atoms with Crippen molar-refractivity contribution in [3.8, 4) is 17.1 Å². The molecule has 1 amide bonds. The number of carbonyl (C=O) groups is 1. The van der Waals surface area contributed by atoms with E-state index < -0.39 is 0 Å². The highest BCUT2D eigenvalue weighted by Gasteiger charge is 2.15. The first kappa shape index (κ1) is 23.6. The topological polar surface area (TPSA) is 69.0 Å². The minimum atomic E-state index is -0.157. The highest BCUT2D eigenvalue weighted by molar-refractivity contribution is 9.10. The molecule has 31 heavy (non-hydrogen) atoms. The Bertz CT molecular complexity index is 1030. The number of carbonyl (C=O) groups excluding carboxylic acids is 1. The Morgan fingerprint density at radius 3 is 2.65 bits per heavy atom. The van der Waals surface area contributed by atoms with Crippen molar-refractivity contribution in [1.29, 1.82) is 0 Å². The third-order valence-corrected chi connectivity index (χ3v) is 6.22. The molecule has 1 aromatic heterocycles. The number of halogens is 2. The van der Waals surface area contributed by atoms with E-state index >= 15 is 0 Å². The normalized spacial score (nSPS) is 10.8. The van der Waals surface area contributed by atoms with Crippen molar-refractivity contribution in [3.63, 3.8) is 0 Å². The molecule has 0 spiro atoms. The van der Waals surface area contributed by atoms with Gasteiger partial charge in [0.15, 0.2) is 11.0 Å². The van der Waals surface area contributed by atoms with Gasteiger partial charge in [-0.05, 0) is 55.8 Å². The van der Waals surface area contributed by atoms with Crippen LogP contribution in [0.1, 0.15) is 26.7 Å². The molecule has 0 fully saturated rings. The van der Waals surface area contributed by atoms with Crippen LogP contribution in [-0.4, -0.2) is 33.0 Å². The summed E-state index contributed by atoms with van der Waals surface area (Å²) >= 11 is 10.9. The van der Waals surface area contributed by atoms with Gasteiger partial charge in [0.1, 0.15) is 5.75 Å². The number of anilines is 1. The molecule has 0 saturated heterocycles. The summed E-state index contributed by atoms with van der Waals surface area (Å²) in [7, 11) is 0. The Morgan fingerprint density at radius 1 is 1.19 bits per heavy atom. The number of ether oxygens (including phenoxy) is 1. The van der Waals surface area contributed by atoms with Crippen molar-refractivity contribution < 1.29 is 9.53 Å². The van der Waals surface area contributed by atoms with Gasteiger partial charge in [0.2, 0.25) is 5.91 Å². The van der Waals surface area contributed by atoms with Crippen molar-refractivity contribution >= 4 is 50.9 Å². The quantitative estimate of drug-likeness (QED) is 0.250. The molecular formula is C22H24BrClN4O2S. The molecule has 164 valence electrons. The number of rotatable bonds is 10. The van der Waals surface area contributed by atoms with Crippen molar-refractivity contribution in [3.05, 3.63) is 52.0 Å². The molecule has 9 heteroatoms. The summed E-state index contributed by atoms with van der Waals surface area (Å²) < 4.78 is 8.58. The lowest BCUT2D eigenvalue weighted by Crippen LogP contribution is -2.15. The summed E-state index contributed by atoms with van der Waals surface area (Å²) in [5.41, 5.74) is 1.53. The van der Waals surface area contributed by atoms with E-state index in [0.29, 0.717) is 22.4 Å². The number of amides is 1. The Labute approximate surface area is 199 Å². The van der Waals surface area contributed by atoms with Crippen LogP contribution in [0.25, 0.3) is 11.4 Å². The molecule has 0 unspecified atom stereocenters. The van der Waals surface area contributed by atoms with Gasteiger partial charge in [-0.3, -0.25) is 4.79 Å². The number of aromatic nitrogens is 3. The second-order valence-corrected chi connectivity index (χ2v) is 9.00. The van der Waals surface area contributed by atoms with Gasteiger partial charge in [-0.2, -0.15) is 0 Å². The van der Waals surface area contributed by atoms with E-state index in [-0.39, 0.29) is 11.7 Å². The first-order chi connectivity index (χ1) is 15.0. The lowest BCUT2D eigenvalue weighted by atomic mass is 10.2. The van der Waals surface area contributed by atoms with Crippen LogP contribution >= 0.6 is 39.3 Å². The smallest absolute Gasteiger partial charge is 0.234 e. The summed E-state index contributed by atoms with van der Waals surface area (Å²) in [6, 6.07) is 13.2. The van der Waals surface area contributed by atoms with Crippen LogP contribution in [0.3, 0.4) is 0 Å². The SMILES string of the molecule is CCCCOc1ccc(-c2nnc(SCC(=O)Nc3ccc(Br)cc3Cl)n2CC)cc1. The van der Waals surface area contributed by atoms with Gasteiger partial charge in [0.25, 0.3) is 0 Å². The monoisotopic (exact) mass is 522 g/mol. The number of unbranched alkanes of at least 4 members (excludes halogenated alkanes) is 1. The summed E-state index contributed by atoms with van der Waals surface area (Å²) in [5, 5.41) is 12.6. The molecule has 1 heterocycles. The number of hydrogen-bond donors (Lipinski definition) is 1. The lowest BCUT2D eigenvalue weighted by molar-refractivity contribution is -0.113. The van der Waals surface area contributed by atoms with E-state index in [9.17, 15) is 4.79 Å². The average molecular weight is 524 g/mol. The maximum Gasteiger partial charge on any atom is 0.234 e. The first-order valence-electron chi connectivity index (χ1n) is 10.1. The molecule has 3 rings (SSSR count). The third kappa shape index (κ3) is 6.48. The van der Waals surface area contributed by atoms with Gasteiger partial charge >= 0.3 is 0 Å². The molecule has 6 nitrogen and oxygen atoms in total. The zero-order valence-electron chi connectivity index (χ0n) is 17.4. The maximum atomic E-state index is 12.4. The van der Waals surface area contributed by atoms with Gasteiger partial charge in [-0.15, -0.1) is 10.2 Å². The van der Waals surface area contributed by atoms with Crippen molar-refractivity contribution in [2.75, 3.05) is 17.7 Å². The average Bonchev–Trinajstić information content (AvgIpc) is 3.18. The van der Waals surface area contributed by atoms with Gasteiger partial charge in [0, 0.05) is 16.6 Å². The lowest BCUT2D eigenvalue weighted by Gasteiger charge is -2.09. The van der Waals surface area contributed by atoms with Crippen LogP contribution in [0.2, 0.25) is 5.02 Å². The molecule has 0 bridgehead atoms. The predicted molar refractivity (Wildman–Crippen MR) is 130 cm³/mol.